The van der Waals surface area contributed by atoms with Gasteiger partial charge in [0.2, 0.25) is 12.1 Å². The maximum atomic E-state index is 13.4. The molecule has 2 unspecified atom stereocenters. The molecular weight excluding hydrogens is 431 g/mol. The zero-order valence-electron chi connectivity index (χ0n) is 17.6. The highest BCUT2D eigenvalue weighted by atomic mass is 19.1. The number of benzene rings is 1. The van der Waals surface area contributed by atoms with Crippen LogP contribution in [-0.2, 0) is 27.5 Å². The number of fused-ring (bicyclic) bond motifs is 2. The normalized spacial score (nSPS) is 21.7. The Morgan fingerprint density at radius 3 is 2.94 bits per heavy atom. The van der Waals surface area contributed by atoms with Gasteiger partial charge in [-0.05, 0) is 31.6 Å². The first-order valence-corrected chi connectivity index (χ1v) is 10.3. The molecule has 0 bridgehead atoms. The van der Waals surface area contributed by atoms with Gasteiger partial charge in [0, 0.05) is 17.2 Å². The van der Waals surface area contributed by atoms with Gasteiger partial charge in [-0.1, -0.05) is 22.9 Å². The van der Waals surface area contributed by atoms with Crippen molar-refractivity contribution in [3.63, 3.8) is 0 Å². The number of ether oxygens (including phenoxy) is 1. The van der Waals surface area contributed by atoms with Crippen LogP contribution in [0.4, 0.5) is 4.39 Å². The molecule has 3 heterocycles. The lowest BCUT2D eigenvalue weighted by molar-refractivity contribution is -0.140. The van der Waals surface area contributed by atoms with Crippen molar-refractivity contribution in [2.75, 3.05) is 0 Å². The molecule has 1 aliphatic carbocycles. The zero-order valence-corrected chi connectivity index (χ0v) is 17.6. The molecule has 5 rings (SSSR count). The van der Waals surface area contributed by atoms with E-state index in [1.165, 1.54) is 34.0 Å². The fourth-order valence-corrected chi connectivity index (χ4v) is 4.19. The van der Waals surface area contributed by atoms with Crippen molar-refractivity contribution in [1.82, 2.24) is 19.9 Å². The first kappa shape index (κ1) is 21.0. The number of carbonyl (C=O) groups is 3. The summed E-state index contributed by atoms with van der Waals surface area (Å²) in [6, 6.07) is 3.49. The second-order valence-corrected chi connectivity index (χ2v) is 8.14. The SMILES string of the molecule is CC1=CCC2C(=C1)C(=O)C(=O)N2Cc1cn(CC(=O)C2=Cc3ccc(F)cc3OC2O)nn1. The average Bonchev–Trinajstić information content (AvgIpc) is 3.31. The summed E-state index contributed by atoms with van der Waals surface area (Å²) in [6.45, 7) is 1.74. The predicted molar refractivity (Wildman–Crippen MR) is 112 cm³/mol. The standard InChI is InChI=1S/C23H19FN4O5/c1-12-2-5-18-16(6-12)21(30)22(31)28(18)10-15-9-27(26-25-15)11-19(29)17-7-13-3-4-14(24)8-20(13)33-23(17)32/h2-4,6-9,18,23,32H,5,10-11H2,1H3. The molecule has 1 saturated heterocycles. The molecule has 2 aromatic rings. The maximum Gasteiger partial charge on any atom is 0.295 e. The quantitative estimate of drug-likeness (QED) is 0.684. The van der Waals surface area contributed by atoms with Gasteiger partial charge in [-0.15, -0.1) is 5.10 Å². The fraction of sp³-hybridized carbons (Fsp3) is 0.261. The number of carbonyl (C=O) groups excluding carboxylic acids is 3. The first-order valence-electron chi connectivity index (χ1n) is 10.3. The average molecular weight is 450 g/mol. The van der Waals surface area contributed by atoms with Gasteiger partial charge in [0.05, 0.1) is 24.4 Å². The van der Waals surface area contributed by atoms with Crippen molar-refractivity contribution in [2.45, 2.75) is 38.8 Å². The number of aliphatic hydroxyl groups is 1. The minimum atomic E-state index is -1.53. The summed E-state index contributed by atoms with van der Waals surface area (Å²) in [7, 11) is 0. The Bertz CT molecular complexity index is 1290. The van der Waals surface area contributed by atoms with Gasteiger partial charge in [-0.25, -0.2) is 9.07 Å². The zero-order chi connectivity index (χ0) is 23.3. The number of amides is 1. The Morgan fingerprint density at radius 2 is 2.12 bits per heavy atom. The van der Waals surface area contributed by atoms with Crippen LogP contribution in [-0.4, -0.2) is 54.8 Å². The largest absolute Gasteiger partial charge is 0.460 e. The van der Waals surface area contributed by atoms with Gasteiger partial charge < -0.3 is 14.7 Å². The van der Waals surface area contributed by atoms with E-state index in [2.05, 4.69) is 10.3 Å². The van der Waals surface area contributed by atoms with Crippen LogP contribution < -0.4 is 4.74 Å². The van der Waals surface area contributed by atoms with E-state index in [0.29, 0.717) is 23.3 Å². The van der Waals surface area contributed by atoms with Gasteiger partial charge in [0.25, 0.3) is 5.91 Å². The predicted octanol–water partition coefficient (Wildman–Crippen LogP) is 1.34. The number of likely N-dealkylation sites (tertiary alicyclic amines) is 1. The molecule has 0 spiro atoms. The summed E-state index contributed by atoms with van der Waals surface area (Å²) >= 11 is 0. The van der Waals surface area contributed by atoms with E-state index in [-0.39, 0.29) is 30.5 Å². The Balaban J connectivity index is 1.29. The highest BCUT2D eigenvalue weighted by Gasteiger charge is 2.43. The van der Waals surface area contributed by atoms with E-state index in [1.807, 2.05) is 13.0 Å². The highest BCUT2D eigenvalue weighted by Crippen LogP contribution is 2.32. The van der Waals surface area contributed by atoms with E-state index in [4.69, 9.17) is 4.74 Å². The Kier molecular flexibility index (Phi) is 5.01. The summed E-state index contributed by atoms with van der Waals surface area (Å²) < 4.78 is 19.9. The number of ketones is 2. The summed E-state index contributed by atoms with van der Waals surface area (Å²) in [5.41, 5.74) is 2.34. The summed E-state index contributed by atoms with van der Waals surface area (Å²) in [6.07, 6.45) is 5.70. The highest BCUT2D eigenvalue weighted by molar-refractivity contribution is 6.45. The lowest BCUT2D eigenvalue weighted by Crippen LogP contribution is -2.34. The summed E-state index contributed by atoms with van der Waals surface area (Å²) in [5.74, 6) is -1.91. The number of hydrogen-bond donors (Lipinski definition) is 1. The van der Waals surface area contributed by atoms with E-state index >= 15 is 0 Å². The molecule has 168 valence electrons. The number of aromatic nitrogens is 3. The van der Waals surface area contributed by atoms with Crippen LogP contribution >= 0.6 is 0 Å². The van der Waals surface area contributed by atoms with Gasteiger partial charge in [-0.2, -0.15) is 0 Å². The number of allylic oxidation sites excluding steroid dienone is 2. The first-order chi connectivity index (χ1) is 15.8. The van der Waals surface area contributed by atoms with Crippen LogP contribution in [0, 0.1) is 5.82 Å². The molecule has 1 aromatic carbocycles. The minimum absolute atomic E-state index is 0.00520. The number of hydrogen-bond acceptors (Lipinski definition) is 7. The molecule has 1 aromatic heterocycles. The minimum Gasteiger partial charge on any atom is -0.460 e. The molecule has 2 atom stereocenters. The fourth-order valence-electron chi connectivity index (χ4n) is 4.19. The topological polar surface area (TPSA) is 115 Å². The van der Waals surface area contributed by atoms with Crippen LogP contribution in [0.25, 0.3) is 6.08 Å². The summed E-state index contributed by atoms with van der Waals surface area (Å²) in [4.78, 5) is 39.0. The third-order valence-corrected chi connectivity index (χ3v) is 5.84. The van der Waals surface area contributed by atoms with Crippen LogP contribution in [0.2, 0.25) is 0 Å². The maximum absolute atomic E-state index is 13.4. The molecule has 1 amide bonds. The molecule has 3 aliphatic rings. The van der Waals surface area contributed by atoms with Gasteiger partial charge in [-0.3, -0.25) is 14.4 Å². The molecular formula is C23H19FN4O5. The molecule has 0 saturated carbocycles. The van der Waals surface area contributed by atoms with Crippen LogP contribution in [0.15, 0.2) is 53.3 Å². The van der Waals surface area contributed by atoms with E-state index < -0.39 is 29.6 Å². The number of halogens is 1. The van der Waals surface area contributed by atoms with Crippen molar-refractivity contribution in [3.05, 3.63) is 70.3 Å². The third kappa shape index (κ3) is 3.78. The molecule has 9 nitrogen and oxygen atoms in total. The second kappa shape index (κ2) is 7.89. The summed E-state index contributed by atoms with van der Waals surface area (Å²) in [5, 5.41) is 18.1. The Hall–Kier alpha value is -3.92. The van der Waals surface area contributed by atoms with Crippen LogP contribution in [0.5, 0.6) is 5.75 Å². The second-order valence-electron chi connectivity index (χ2n) is 8.14. The molecule has 10 heteroatoms. The van der Waals surface area contributed by atoms with Crippen molar-refractivity contribution < 1.29 is 28.6 Å². The lowest BCUT2D eigenvalue weighted by Gasteiger charge is -2.24. The van der Waals surface area contributed by atoms with E-state index in [0.717, 1.165) is 11.6 Å². The van der Waals surface area contributed by atoms with Gasteiger partial charge >= 0.3 is 0 Å². The molecule has 33 heavy (non-hydrogen) atoms. The van der Waals surface area contributed by atoms with E-state index in [9.17, 15) is 23.9 Å². The van der Waals surface area contributed by atoms with Crippen molar-refractivity contribution in [3.8, 4) is 5.75 Å². The third-order valence-electron chi connectivity index (χ3n) is 5.84. The lowest BCUT2D eigenvalue weighted by atomic mass is 9.95. The number of rotatable bonds is 5. The Morgan fingerprint density at radius 1 is 1.30 bits per heavy atom. The number of nitrogens with zero attached hydrogens (tertiary/aromatic N) is 4. The number of aliphatic hydroxyl groups excluding tert-OH is 1. The van der Waals surface area contributed by atoms with Crippen molar-refractivity contribution in [2.24, 2.45) is 0 Å². The molecule has 1 N–H and O–H groups in total. The van der Waals surface area contributed by atoms with E-state index in [1.54, 1.807) is 6.08 Å². The monoisotopic (exact) mass is 450 g/mol. The van der Waals surface area contributed by atoms with Crippen molar-refractivity contribution >= 4 is 23.5 Å². The smallest absolute Gasteiger partial charge is 0.295 e. The van der Waals surface area contributed by atoms with Crippen molar-refractivity contribution in [1.29, 1.82) is 0 Å². The number of Topliss-reactive ketones (excluding diaryl/α,β-unsaturated/α-hetero) is 2. The molecule has 1 fully saturated rings. The Labute approximate surface area is 187 Å². The van der Waals surface area contributed by atoms with Crippen LogP contribution in [0.3, 0.4) is 0 Å². The molecule has 2 aliphatic heterocycles. The molecule has 0 radical (unpaired) electrons. The van der Waals surface area contributed by atoms with Gasteiger partial charge in [0.1, 0.15) is 23.8 Å². The van der Waals surface area contributed by atoms with Gasteiger partial charge in [0.15, 0.2) is 5.78 Å². The van der Waals surface area contributed by atoms with Crippen LogP contribution in [0.1, 0.15) is 24.6 Å².